The van der Waals surface area contributed by atoms with Gasteiger partial charge in [-0.25, -0.2) is 0 Å². The second kappa shape index (κ2) is 5.72. The predicted molar refractivity (Wildman–Crippen MR) is 79.9 cm³/mol. The highest BCUT2D eigenvalue weighted by Gasteiger charge is 2.35. The molecule has 3 rings (SSSR count). The van der Waals surface area contributed by atoms with E-state index in [9.17, 15) is 4.79 Å². The number of amides is 1. The summed E-state index contributed by atoms with van der Waals surface area (Å²) in [5.74, 6) is 0.117. The monoisotopic (exact) mass is 296 g/mol. The Bertz CT molecular complexity index is 521. The van der Waals surface area contributed by atoms with Crippen molar-refractivity contribution < 1.29 is 9.53 Å². The van der Waals surface area contributed by atoms with Gasteiger partial charge < -0.3 is 15.4 Å². The maximum Gasteiger partial charge on any atom is 0.253 e. The summed E-state index contributed by atoms with van der Waals surface area (Å²) in [5.41, 5.74) is 8.98. The van der Waals surface area contributed by atoms with Crippen LogP contribution in [0.3, 0.4) is 0 Å². The first kappa shape index (κ1) is 15.3. The summed E-state index contributed by atoms with van der Waals surface area (Å²) in [4.78, 5) is 14.4. The zero-order valence-corrected chi connectivity index (χ0v) is 12.5. The molecule has 2 aliphatic rings. The molecule has 0 saturated carbocycles. The number of nitrogens with zero attached hydrogens (tertiary/aromatic N) is 1. The number of nitrogens with two attached hydrogens (primary N) is 1. The standard InChI is InChI=1S/C15H20N2O2.ClH/c1-15(9-16)4-5-17(10-15)14(18)11-2-3-12-7-19-8-13(12)6-11;/h2-3,6H,4-5,7-10,16H2,1H3;1H. The number of fused-ring (bicyclic) bond motifs is 1. The molecule has 2 aliphatic heterocycles. The average Bonchev–Trinajstić information content (AvgIpc) is 3.04. The van der Waals surface area contributed by atoms with Crippen molar-refractivity contribution in [3.63, 3.8) is 0 Å². The van der Waals surface area contributed by atoms with Crippen molar-refractivity contribution in [1.82, 2.24) is 4.90 Å². The quantitative estimate of drug-likeness (QED) is 0.907. The van der Waals surface area contributed by atoms with Crippen molar-refractivity contribution in [3.05, 3.63) is 34.9 Å². The summed E-state index contributed by atoms with van der Waals surface area (Å²) < 4.78 is 5.38. The molecule has 4 nitrogen and oxygen atoms in total. The van der Waals surface area contributed by atoms with E-state index in [4.69, 9.17) is 10.5 Å². The average molecular weight is 297 g/mol. The molecule has 0 spiro atoms. The van der Waals surface area contributed by atoms with Gasteiger partial charge in [-0.3, -0.25) is 4.79 Å². The second-order valence-corrected chi connectivity index (χ2v) is 5.97. The first-order chi connectivity index (χ1) is 9.11. The first-order valence-electron chi connectivity index (χ1n) is 6.80. The molecule has 1 atom stereocenters. The van der Waals surface area contributed by atoms with Gasteiger partial charge >= 0.3 is 0 Å². The number of carbonyl (C=O) groups is 1. The fraction of sp³-hybridized carbons (Fsp3) is 0.533. The summed E-state index contributed by atoms with van der Waals surface area (Å²) in [6.07, 6.45) is 0.989. The van der Waals surface area contributed by atoms with E-state index in [0.717, 1.165) is 30.6 Å². The number of ether oxygens (including phenoxy) is 1. The third-order valence-electron chi connectivity index (χ3n) is 4.31. The minimum atomic E-state index is 0. The van der Waals surface area contributed by atoms with Gasteiger partial charge in [-0.2, -0.15) is 0 Å². The normalized spacial score (nSPS) is 24.4. The molecule has 20 heavy (non-hydrogen) atoms. The van der Waals surface area contributed by atoms with Crippen LogP contribution in [0.1, 0.15) is 34.8 Å². The highest BCUT2D eigenvalue weighted by atomic mass is 35.5. The van der Waals surface area contributed by atoms with Gasteiger partial charge in [-0.15, -0.1) is 12.4 Å². The highest BCUT2D eigenvalue weighted by Crippen LogP contribution is 2.30. The maximum atomic E-state index is 12.5. The fourth-order valence-electron chi connectivity index (χ4n) is 2.85. The fourth-order valence-corrected chi connectivity index (χ4v) is 2.85. The third kappa shape index (κ3) is 2.68. The molecule has 1 aromatic rings. The van der Waals surface area contributed by atoms with E-state index in [2.05, 4.69) is 6.92 Å². The van der Waals surface area contributed by atoms with Crippen molar-refractivity contribution in [2.45, 2.75) is 26.6 Å². The van der Waals surface area contributed by atoms with Crippen molar-refractivity contribution in [1.29, 1.82) is 0 Å². The zero-order valence-electron chi connectivity index (χ0n) is 11.7. The Kier molecular flexibility index (Phi) is 4.37. The van der Waals surface area contributed by atoms with E-state index >= 15 is 0 Å². The molecule has 2 N–H and O–H groups in total. The SMILES string of the molecule is CC1(CN)CCN(C(=O)c2ccc3c(c2)COC3)C1.Cl. The molecule has 0 aliphatic carbocycles. The van der Waals surface area contributed by atoms with Crippen LogP contribution < -0.4 is 5.73 Å². The van der Waals surface area contributed by atoms with Crippen molar-refractivity contribution in [2.75, 3.05) is 19.6 Å². The summed E-state index contributed by atoms with van der Waals surface area (Å²) in [7, 11) is 0. The predicted octanol–water partition coefficient (Wildman–Crippen LogP) is 1.95. The molecular formula is C15H21ClN2O2. The van der Waals surface area contributed by atoms with Gasteiger partial charge in [-0.1, -0.05) is 13.0 Å². The maximum absolute atomic E-state index is 12.5. The van der Waals surface area contributed by atoms with Crippen molar-refractivity contribution >= 4 is 18.3 Å². The summed E-state index contributed by atoms with van der Waals surface area (Å²) >= 11 is 0. The molecule has 0 bridgehead atoms. The second-order valence-electron chi connectivity index (χ2n) is 5.97. The highest BCUT2D eigenvalue weighted by molar-refractivity contribution is 5.94. The molecule has 0 aromatic heterocycles. The Hall–Kier alpha value is -1.10. The first-order valence-corrected chi connectivity index (χ1v) is 6.80. The Labute approximate surface area is 125 Å². The van der Waals surface area contributed by atoms with Gasteiger partial charge in [0.15, 0.2) is 0 Å². The van der Waals surface area contributed by atoms with E-state index in [-0.39, 0.29) is 23.7 Å². The van der Waals surface area contributed by atoms with Crippen LogP contribution in [0.4, 0.5) is 0 Å². The number of hydrogen-bond donors (Lipinski definition) is 1. The number of halogens is 1. The van der Waals surface area contributed by atoms with E-state index < -0.39 is 0 Å². The lowest BCUT2D eigenvalue weighted by Crippen LogP contribution is -2.34. The smallest absolute Gasteiger partial charge is 0.253 e. The summed E-state index contributed by atoms with van der Waals surface area (Å²) in [6.45, 7) is 5.64. The Morgan fingerprint density at radius 3 is 2.85 bits per heavy atom. The van der Waals surface area contributed by atoms with Gasteiger partial charge in [0.2, 0.25) is 0 Å². The summed E-state index contributed by atoms with van der Waals surface area (Å²) in [5, 5.41) is 0. The molecule has 1 unspecified atom stereocenters. The third-order valence-corrected chi connectivity index (χ3v) is 4.31. The van der Waals surface area contributed by atoms with Crippen LogP contribution in [-0.2, 0) is 18.0 Å². The number of rotatable bonds is 2. The van der Waals surface area contributed by atoms with Crippen molar-refractivity contribution in [3.8, 4) is 0 Å². The van der Waals surface area contributed by atoms with Crippen LogP contribution >= 0.6 is 12.4 Å². The van der Waals surface area contributed by atoms with Crippen LogP contribution in [0.2, 0.25) is 0 Å². The van der Waals surface area contributed by atoms with Crippen LogP contribution in [0.5, 0.6) is 0 Å². The molecular weight excluding hydrogens is 276 g/mol. The van der Waals surface area contributed by atoms with Crippen molar-refractivity contribution in [2.24, 2.45) is 11.1 Å². The lowest BCUT2D eigenvalue weighted by Gasteiger charge is -2.22. The van der Waals surface area contributed by atoms with Crippen LogP contribution in [-0.4, -0.2) is 30.4 Å². The molecule has 5 heteroatoms. The van der Waals surface area contributed by atoms with Gasteiger partial charge in [0.25, 0.3) is 5.91 Å². The largest absolute Gasteiger partial charge is 0.372 e. The number of benzene rings is 1. The molecule has 1 amide bonds. The number of hydrogen-bond acceptors (Lipinski definition) is 3. The molecule has 0 radical (unpaired) electrons. The topological polar surface area (TPSA) is 55.6 Å². The number of likely N-dealkylation sites (tertiary alicyclic amines) is 1. The van der Waals surface area contributed by atoms with Crippen LogP contribution in [0, 0.1) is 5.41 Å². The van der Waals surface area contributed by atoms with Gasteiger partial charge in [-0.05, 0) is 41.6 Å². The summed E-state index contributed by atoms with van der Waals surface area (Å²) in [6, 6.07) is 5.89. The number of carbonyl (C=O) groups excluding carboxylic acids is 1. The van der Waals surface area contributed by atoms with E-state index in [1.54, 1.807) is 0 Å². The van der Waals surface area contributed by atoms with Crippen LogP contribution in [0.25, 0.3) is 0 Å². The molecule has 1 aromatic carbocycles. The van der Waals surface area contributed by atoms with E-state index in [0.29, 0.717) is 19.8 Å². The van der Waals surface area contributed by atoms with Crippen LogP contribution in [0.15, 0.2) is 18.2 Å². The molecule has 2 heterocycles. The van der Waals surface area contributed by atoms with E-state index in [1.807, 2.05) is 23.1 Å². The minimum absolute atomic E-state index is 0. The Morgan fingerprint density at radius 1 is 1.40 bits per heavy atom. The lowest BCUT2D eigenvalue weighted by molar-refractivity contribution is 0.0776. The zero-order chi connectivity index (χ0) is 13.5. The Morgan fingerprint density at radius 2 is 2.15 bits per heavy atom. The Balaban J connectivity index is 0.00000147. The van der Waals surface area contributed by atoms with Gasteiger partial charge in [0.05, 0.1) is 13.2 Å². The minimum Gasteiger partial charge on any atom is -0.372 e. The van der Waals surface area contributed by atoms with Gasteiger partial charge in [0.1, 0.15) is 0 Å². The molecule has 1 fully saturated rings. The lowest BCUT2D eigenvalue weighted by atomic mass is 9.90. The molecule has 1 saturated heterocycles. The van der Waals surface area contributed by atoms with E-state index in [1.165, 1.54) is 5.56 Å². The molecule has 110 valence electrons. The van der Waals surface area contributed by atoms with Gasteiger partial charge in [0, 0.05) is 18.7 Å².